The normalized spacial score (nSPS) is 12.0. The molecule has 2 aliphatic heterocycles. The fraction of sp³-hybridized carbons (Fsp3) is 0. The standard InChI is InChI=1S/C32H17N8.Mo/c1-2-10-18-17(9-1)25-33-26(18)38-28-21-13-5-6-14-22(21)30(35-28)40-32-24-16-8-7-15-23(24)31(36-32)39-29-20-12-4-3-11-19(20)27(34-29)37-25;/h1-15H,(H2,33,34,35,36,37,38,39,40);. The second-order valence-corrected chi connectivity index (χ2v) is 11.0. The molecule has 0 aliphatic carbocycles. The number of aromatic nitrogens is 8. The number of H-pyrrole nitrogens is 2. The van der Waals surface area contributed by atoms with Crippen LogP contribution >= 0.6 is 0 Å². The van der Waals surface area contributed by atoms with Crippen LogP contribution in [0.2, 0.25) is 0 Å². The molecule has 0 atom stereocenters. The van der Waals surface area contributed by atoms with Crippen molar-refractivity contribution in [1.29, 1.82) is 0 Å². The van der Waals surface area contributed by atoms with Gasteiger partial charge in [0.1, 0.15) is 0 Å². The molecule has 9 heteroatoms. The summed E-state index contributed by atoms with van der Waals surface area (Å²) in [6.07, 6.45) is 0. The molecule has 41 heavy (non-hydrogen) atoms. The molecule has 0 radical (unpaired) electrons. The van der Waals surface area contributed by atoms with Crippen LogP contribution in [0.5, 0.6) is 0 Å². The Morgan fingerprint density at radius 2 is 0.780 bits per heavy atom. The molecule has 0 amide bonds. The Balaban J connectivity index is 1.52. The van der Waals surface area contributed by atoms with Crippen LogP contribution in [-0.2, 0) is 19.8 Å². The third-order valence-corrected chi connectivity index (χ3v) is 8.38. The molecular formula is C32H17MoN8. The van der Waals surface area contributed by atoms with Gasteiger partial charge in [0.05, 0.1) is 0 Å². The summed E-state index contributed by atoms with van der Waals surface area (Å²) in [6, 6.07) is 30.4. The van der Waals surface area contributed by atoms with Gasteiger partial charge in [-0.15, -0.1) is 0 Å². The topological polar surface area (TPSA) is 109 Å². The van der Waals surface area contributed by atoms with Crippen LogP contribution < -0.4 is 3.95 Å². The van der Waals surface area contributed by atoms with Crippen molar-refractivity contribution in [1.82, 2.24) is 39.9 Å². The SMILES string of the molecule is [Mo][c]1cccc2c3nc4nc(nc5[nH]c(nc6nc(nc([nH]3)c12)-c1ccccc1-6)c1ccccc51)-c1ccccc1-4. The number of benzene rings is 4. The first-order valence-corrected chi connectivity index (χ1v) is 14.1. The van der Waals surface area contributed by atoms with Crippen LogP contribution in [0, 0.1) is 0 Å². The van der Waals surface area contributed by atoms with E-state index in [4.69, 9.17) is 29.9 Å². The van der Waals surface area contributed by atoms with E-state index in [-0.39, 0.29) is 0 Å². The predicted octanol–water partition coefficient (Wildman–Crippen LogP) is 6.04. The summed E-state index contributed by atoms with van der Waals surface area (Å²) in [5, 5.41) is 3.89. The number of hydrogen-bond donors (Lipinski definition) is 2. The summed E-state index contributed by atoms with van der Waals surface area (Å²) >= 11 is 1.99. The average Bonchev–Trinajstić information content (AvgIpc) is 3.73. The number of nitrogens with zero attached hydrogens (tertiary/aromatic N) is 6. The molecule has 2 N–H and O–H groups in total. The van der Waals surface area contributed by atoms with Crippen LogP contribution in [0.4, 0.5) is 0 Å². The molecule has 4 aromatic carbocycles. The van der Waals surface area contributed by atoms with Gasteiger partial charge in [0.2, 0.25) is 0 Å². The first-order valence-electron chi connectivity index (χ1n) is 13.1. The molecule has 5 heterocycles. The molecule has 0 fully saturated rings. The zero-order valence-corrected chi connectivity index (χ0v) is 23.3. The van der Waals surface area contributed by atoms with Crippen molar-refractivity contribution in [3.05, 3.63) is 91.0 Å². The number of fused-ring (bicyclic) bond motifs is 20. The summed E-state index contributed by atoms with van der Waals surface area (Å²) in [5.41, 5.74) is 6.49. The molecule has 0 spiro atoms. The second-order valence-electron chi connectivity index (χ2n) is 9.93. The van der Waals surface area contributed by atoms with E-state index < -0.39 is 0 Å². The number of aromatic amines is 2. The number of hydrogen-bond acceptors (Lipinski definition) is 6. The minimum absolute atomic E-state index is 0.599. The second kappa shape index (κ2) is 8.46. The van der Waals surface area contributed by atoms with Gasteiger partial charge < -0.3 is 0 Å². The van der Waals surface area contributed by atoms with Crippen molar-refractivity contribution in [3.63, 3.8) is 0 Å². The molecule has 0 unspecified atom stereocenters. The van der Waals surface area contributed by atoms with Crippen molar-refractivity contribution in [3.8, 4) is 45.6 Å². The molecule has 7 aromatic rings. The fourth-order valence-corrected chi connectivity index (χ4v) is 6.36. The van der Waals surface area contributed by atoms with E-state index in [1.54, 1.807) is 0 Å². The molecule has 0 saturated heterocycles. The van der Waals surface area contributed by atoms with E-state index in [1.807, 2.05) is 98.7 Å². The zero-order valence-electron chi connectivity index (χ0n) is 21.3. The maximum atomic E-state index is 5.08. The Bertz CT molecular complexity index is 2400. The van der Waals surface area contributed by atoms with E-state index in [1.165, 1.54) is 0 Å². The summed E-state index contributed by atoms with van der Waals surface area (Å²) in [7, 11) is 0. The number of nitrogens with one attached hydrogen (secondary N) is 2. The predicted molar refractivity (Wildman–Crippen MR) is 156 cm³/mol. The molecule has 9 rings (SSSR count). The quantitative estimate of drug-likeness (QED) is 0.203. The van der Waals surface area contributed by atoms with E-state index in [0.29, 0.717) is 45.9 Å². The Morgan fingerprint density at radius 1 is 0.390 bits per heavy atom. The Kier molecular flexibility index (Phi) is 4.69. The van der Waals surface area contributed by atoms with E-state index >= 15 is 0 Å². The first kappa shape index (κ1) is 22.7. The summed E-state index contributed by atoms with van der Waals surface area (Å²) in [5.74, 6) is 2.40. The third kappa shape index (κ3) is 3.38. The van der Waals surface area contributed by atoms with E-state index in [2.05, 4.69) is 22.1 Å². The van der Waals surface area contributed by atoms with Gasteiger partial charge in [-0.1, -0.05) is 6.07 Å². The van der Waals surface area contributed by atoms with Gasteiger partial charge in [0.25, 0.3) is 0 Å². The minimum atomic E-state index is 0.599. The monoisotopic (exact) mass is 611 g/mol. The van der Waals surface area contributed by atoms with Crippen LogP contribution in [0.25, 0.3) is 89.7 Å². The number of rotatable bonds is 0. The zero-order chi connectivity index (χ0) is 27.1. The van der Waals surface area contributed by atoms with Crippen molar-refractivity contribution < 1.29 is 19.8 Å². The van der Waals surface area contributed by atoms with Crippen molar-refractivity contribution >= 4 is 48.1 Å². The average molecular weight is 609 g/mol. The van der Waals surface area contributed by atoms with Gasteiger partial charge in [-0.05, 0) is 0 Å². The Hall–Kier alpha value is -5.07. The first-order chi connectivity index (χ1) is 20.2. The van der Waals surface area contributed by atoms with Gasteiger partial charge in [-0.3, -0.25) is 0 Å². The Morgan fingerprint density at radius 3 is 1.29 bits per heavy atom. The molecule has 0 saturated carbocycles. The van der Waals surface area contributed by atoms with Gasteiger partial charge in [-0.25, -0.2) is 0 Å². The Labute approximate surface area is 243 Å². The van der Waals surface area contributed by atoms with Gasteiger partial charge >= 0.3 is 238 Å². The van der Waals surface area contributed by atoms with Crippen LogP contribution in [0.15, 0.2) is 91.0 Å². The maximum absolute atomic E-state index is 5.08. The molecule has 2 aliphatic rings. The summed E-state index contributed by atoms with van der Waals surface area (Å²) in [6.45, 7) is 0. The molecular weight excluding hydrogens is 592 g/mol. The van der Waals surface area contributed by atoms with Crippen molar-refractivity contribution in [2.75, 3.05) is 0 Å². The third-order valence-electron chi connectivity index (χ3n) is 7.54. The molecule has 191 valence electrons. The van der Waals surface area contributed by atoms with Gasteiger partial charge in [-0.2, -0.15) is 0 Å². The summed E-state index contributed by atoms with van der Waals surface area (Å²) < 4.78 is 1.11. The molecule has 3 aromatic heterocycles. The van der Waals surface area contributed by atoms with Crippen LogP contribution in [0.1, 0.15) is 0 Å². The fourth-order valence-electron chi connectivity index (χ4n) is 5.66. The molecule has 8 nitrogen and oxygen atoms in total. The van der Waals surface area contributed by atoms with Crippen molar-refractivity contribution in [2.45, 2.75) is 0 Å². The van der Waals surface area contributed by atoms with E-state index in [9.17, 15) is 0 Å². The molecule has 8 bridgehead atoms. The van der Waals surface area contributed by atoms with Crippen LogP contribution in [-0.4, -0.2) is 39.9 Å². The summed E-state index contributed by atoms with van der Waals surface area (Å²) in [4.78, 5) is 37.0. The van der Waals surface area contributed by atoms with Gasteiger partial charge in [0, 0.05) is 0 Å². The van der Waals surface area contributed by atoms with Crippen LogP contribution in [0.3, 0.4) is 0 Å². The van der Waals surface area contributed by atoms with Crippen molar-refractivity contribution in [2.24, 2.45) is 0 Å². The van der Waals surface area contributed by atoms with Gasteiger partial charge in [0.15, 0.2) is 0 Å². The van der Waals surface area contributed by atoms with E-state index in [0.717, 1.165) is 47.8 Å².